The van der Waals surface area contributed by atoms with E-state index >= 15 is 0 Å². The highest BCUT2D eigenvalue weighted by Gasteiger charge is 2.14. The third kappa shape index (κ3) is 3.86. The van der Waals surface area contributed by atoms with Crippen molar-refractivity contribution in [2.75, 3.05) is 0 Å². The van der Waals surface area contributed by atoms with E-state index in [0.717, 1.165) is 22.5 Å². The summed E-state index contributed by atoms with van der Waals surface area (Å²) >= 11 is 5.86. The van der Waals surface area contributed by atoms with Gasteiger partial charge in [0.05, 0.1) is 0 Å². The molecule has 0 bridgehead atoms. The van der Waals surface area contributed by atoms with Gasteiger partial charge in [0.15, 0.2) is 0 Å². The van der Waals surface area contributed by atoms with E-state index in [1.165, 1.54) is 0 Å². The summed E-state index contributed by atoms with van der Waals surface area (Å²) in [6.07, 6.45) is 0. The molecule has 132 valence electrons. The van der Waals surface area contributed by atoms with Crippen LogP contribution in [-0.4, -0.2) is 10.5 Å². The average molecular weight is 367 g/mol. The second-order valence-corrected chi connectivity index (χ2v) is 6.61. The van der Waals surface area contributed by atoms with E-state index in [4.69, 9.17) is 11.6 Å². The van der Waals surface area contributed by atoms with E-state index in [2.05, 4.69) is 5.32 Å². The summed E-state index contributed by atoms with van der Waals surface area (Å²) in [5.41, 5.74) is 3.27. The molecule has 0 saturated heterocycles. The van der Waals surface area contributed by atoms with E-state index in [-0.39, 0.29) is 11.1 Å². The molecule has 0 aliphatic carbocycles. The Labute approximate surface area is 157 Å². The van der Waals surface area contributed by atoms with Crippen molar-refractivity contribution in [3.63, 3.8) is 0 Å². The second kappa shape index (κ2) is 7.58. The maximum Gasteiger partial charge on any atom is 0.268 e. The van der Waals surface area contributed by atoms with Crippen LogP contribution in [0.1, 0.15) is 27.2 Å². The molecule has 1 heterocycles. The number of aryl methyl sites for hydroxylation is 2. The predicted molar refractivity (Wildman–Crippen MR) is 104 cm³/mol. The van der Waals surface area contributed by atoms with E-state index in [1.54, 1.807) is 28.8 Å². The van der Waals surface area contributed by atoms with Gasteiger partial charge in [-0.2, -0.15) is 0 Å². The molecule has 1 N–H and O–H groups in total. The van der Waals surface area contributed by atoms with Gasteiger partial charge in [0.2, 0.25) is 0 Å². The Morgan fingerprint density at radius 1 is 1.04 bits per heavy atom. The Balaban J connectivity index is 1.88. The number of nitrogens with one attached hydrogen (secondary N) is 1. The van der Waals surface area contributed by atoms with Crippen LogP contribution < -0.4 is 10.9 Å². The molecule has 0 spiro atoms. The molecule has 3 rings (SSSR count). The summed E-state index contributed by atoms with van der Waals surface area (Å²) < 4.78 is 1.56. The fraction of sp³-hybridized carbons (Fsp3) is 0.143. The number of benzene rings is 2. The molecule has 0 aliphatic heterocycles. The molecule has 4 nitrogen and oxygen atoms in total. The van der Waals surface area contributed by atoms with Crippen LogP contribution in [0, 0.1) is 13.8 Å². The SMILES string of the molecule is Cc1cccc(-n2c(C)ccc(C(=O)NCc3ccc(Cl)cc3)c2=O)c1. The molecular formula is C21H19ClN2O2. The summed E-state index contributed by atoms with van der Waals surface area (Å²) in [7, 11) is 0. The fourth-order valence-electron chi connectivity index (χ4n) is 2.77. The van der Waals surface area contributed by atoms with Gasteiger partial charge in [-0.15, -0.1) is 0 Å². The van der Waals surface area contributed by atoms with Gasteiger partial charge in [0, 0.05) is 22.9 Å². The van der Waals surface area contributed by atoms with Crippen LogP contribution in [0.3, 0.4) is 0 Å². The van der Waals surface area contributed by atoms with Crippen LogP contribution in [0.15, 0.2) is 65.5 Å². The summed E-state index contributed by atoms with van der Waals surface area (Å²) in [6, 6.07) is 18.2. The molecule has 0 unspecified atom stereocenters. The molecule has 2 aromatic carbocycles. The van der Waals surface area contributed by atoms with Crippen molar-refractivity contribution in [2.45, 2.75) is 20.4 Å². The summed E-state index contributed by atoms with van der Waals surface area (Å²) in [5.74, 6) is -0.397. The van der Waals surface area contributed by atoms with Gasteiger partial charge in [-0.1, -0.05) is 35.9 Å². The number of halogens is 1. The molecule has 0 saturated carbocycles. The van der Waals surface area contributed by atoms with Crippen molar-refractivity contribution in [1.82, 2.24) is 9.88 Å². The number of amides is 1. The van der Waals surface area contributed by atoms with Crippen LogP contribution in [-0.2, 0) is 6.54 Å². The van der Waals surface area contributed by atoms with Crippen molar-refractivity contribution < 1.29 is 4.79 Å². The van der Waals surface area contributed by atoms with Crippen LogP contribution in [0.4, 0.5) is 0 Å². The van der Waals surface area contributed by atoms with Crippen LogP contribution in [0.2, 0.25) is 5.02 Å². The molecule has 0 fully saturated rings. The molecule has 26 heavy (non-hydrogen) atoms. The van der Waals surface area contributed by atoms with Crippen LogP contribution in [0.5, 0.6) is 0 Å². The lowest BCUT2D eigenvalue weighted by Gasteiger charge is -2.13. The Hall–Kier alpha value is -2.85. The largest absolute Gasteiger partial charge is 0.348 e. The number of pyridine rings is 1. The maximum atomic E-state index is 12.9. The molecule has 1 aromatic heterocycles. The monoisotopic (exact) mass is 366 g/mol. The van der Waals surface area contributed by atoms with Gasteiger partial charge >= 0.3 is 0 Å². The number of carbonyl (C=O) groups is 1. The Kier molecular flexibility index (Phi) is 5.24. The van der Waals surface area contributed by atoms with Crippen LogP contribution in [0.25, 0.3) is 5.69 Å². The Morgan fingerprint density at radius 3 is 2.46 bits per heavy atom. The number of hydrogen-bond donors (Lipinski definition) is 1. The lowest BCUT2D eigenvalue weighted by Crippen LogP contribution is -2.33. The van der Waals surface area contributed by atoms with Gasteiger partial charge in [-0.05, 0) is 61.4 Å². The van der Waals surface area contributed by atoms with Gasteiger partial charge in [-0.3, -0.25) is 14.2 Å². The first-order valence-corrected chi connectivity index (χ1v) is 8.66. The number of hydrogen-bond acceptors (Lipinski definition) is 2. The van der Waals surface area contributed by atoms with E-state index in [1.807, 2.05) is 50.2 Å². The average Bonchev–Trinajstić information content (AvgIpc) is 2.61. The molecule has 3 aromatic rings. The minimum atomic E-state index is -0.397. The summed E-state index contributed by atoms with van der Waals surface area (Å²) in [6.45, 7) is 4.14. The number of nitrogens with zero attached hydrogens (tertiary/aromatic N) is 1. The van der Waals surface area contributed by atoms with Gasteiger partial charge < -0.3 is 5.32 Å². The second-order valence-electron chi connectivity index (χ2n) is 6.18. The van der Waals surface area contributed by atoms with Crippen molar-refractivity contribution in [3.8, 4) is 5.69 Å². The number of carbonyl (C=O) groups excluding carboxylic acids is 1. The highest BCUT2D eigenvalue weighted by Crippen LogP contribution is 2.12. The third-order valence-corrected chi connectivity index (χ3v) is 4.40. The van der Waals surface area contributed by atoms with Crippen molar-refractivity contribution in [3.05, 3.63) is 98.4 Å². The van der Waals surface area contributed by atoms with E-state index in [0.29, 0.717) is 11.6 Å². The smallest absolute Gasteiger partial charge is 0.268 e. The Bertz CT molecular complexity index is 1010. The zero-order valence-corrected chi connectivity index (χ0v) is 15.4. The minimum Gasteiger partial charge on any atom is -0.348 e. The highest BCUT2D eigenvalue weighted by atomic mass is 35.5. The van der Waals surface area contributed by atoms with Crippen molar-refractivity contribution in [1.29, 1.82) is 0 Å². The zero-order valence-electron chi connectivity index (χ0n) is 14.6. The van der Waals surface area contributed by atoms with E-state index in [9.17, 15) is 9.59 Å². The van der Waals surface area contributed by atoms with Crippen molar-refractivity contribution in [2.24, 2.45) is 0 Å². The topological polar surface area (TPSA) is 51.1 Å². The fourth-order valence-corrected chi connectivity index (χ4v) is 2.90. The van der Waals surface area contributed by atoms with Gasteiger partial charge in [0.1, 0.15) is 5.56 Å². The molecule has 0 aliphatic rings. The normalized spacial score (nSPS) is 10.6. The highest BCUT2D eigenvalue weighted by molar-refractivity contribution is 6.30. The molecular weight excluding hydrogens is 348 g/mol. The number of rotatable bonds is 4. The quantitative estimate of drug-likeness (QED) is 0.757. The first-order valence-electron chi connectivity index (χ1n) is 8.28. The Morgan fingerprint density at radius 2 is 1.77 bits per heavy atom. The third-order valence-electron chi connectivity index (χ3n) is 4.15. The van der Waals surface area contributed by atoms with Crippen LogP contribution >= 0.6 is 11.6 Å². The molecule has 0 atom stereocenters. The van der Waals surface area contributed by atoms with Gasteiger partial charge in [-0.25, -0.2) is 0 Å². The maximum absolute atomic E-state index is 12.9. The lowest BCUT2D eigenvalue weighted by molar-refractivity contribution is 0.0949. The molecule has 0 radical (unpaired) electrons. The minimum absolute atomic E-state index is 0.117. The summed E-state index contributed by atoms with van der Waals surface area (Å²) in [5, 5.41) is 3.43. The lowest BCUT2D eigenvalue weighted by atomic mass is 10.1. The van der Waals surface area contributed by atoms with Gasteiger partial charge in [0.25, 0.3) is 11.5 Å². The predicted octanol–water partition coefficient (Wildman–Crippen LogP) is 4.04. The zero-order chi connectivity index (χ0) is 18.7. The van der Waals surface area contributed by atoms with E-state index < -0.39 is 5.91 Å². The molecule has 5 heteroatoms. The standard InChI is InChI=1S/C21H19ClN2O2/c1-14-4-3-5-18(12-14)24-15(2)6-11-19(21(24)26)20(25)23-13-16-7-9-17(22)10-8-16/h3-12H,13H2,1-2H3,(H,23,25). The summed E-state index contributed by atoms with van der Waals surface area (Å²) in [4.78, 5) is 25.4. The molecule has 1 amide bonds. The first kappa shape index (κ1) is 18.0. The van der Waals surface area contributed by atoms with Crippen molar-refractivity contribution >= 4 is 17.5 Å². The number of aromatic nitrogens is 1. The first-order chi connectivity index (χ1) is 12.5.